The summed E-state index contributed by atoms with van der Waals surface area (Å²) in [5, 5.41) is 0. The summed E-state index contributed by atoms with van der Waals surface area (Å²) in [6.45, 7) is 17.4. The van der Waals surface area contributed by atoms with Crippen molar-refractivity contribution >= 4 is 11.4 Å². The fourth-order valence-electron chi connectivity index (χ4n) is 5.43. The fraction of sp³-hybridized carbons (Fsp3) is 0.643. The summed E-state index contributed by atoms with van der Waals surface area (Å²) in [6, 6.07) is 7.14. The summed E-state index contributed by atoms with van der Waals surface area (Å²) in [7, 11) is 0. The van der Waals surface area contributed by atoms with E-state index in [1.807, 2.05) is 0 Å². The molecule has 1 aromatic rings. The zero-order chi connectivity index (χ0) is 23.2. The molecule has 0 amide bonds. The number of allylic oxidation sites excluding steroid dienone is 2. The molecule has 0 radical (unpaired) electrons. The second-order valence-corrected chi connectivity index (χ2v) is 11.5. The van der Waals surface area contributed by atoms with Gasteiger partial charge in [-0.25, -0.2) is 0 Å². The van der Waals surface area contributed by atoms with E-state index in [-0.39, 0.29) is 11.5 Å². The molecule has 0 aromatic heterocycles. The van der Waals surface area contributed by atoms with Gasteiger partial charge in [-0.2, -0.15) is 0 Å². The molecule has 5 nitrogen and oxygen atoms in total. The first-order valence-corrected chi connectivity index (χ1v) is 12.7. The topological polar surface area (TPSA) is 34.2 Å². The number of anilines is 1. The Kier molecular flexibility index (Phi) is 5.98. The zero-order valence-corrected chi connectivity index (χ0v) is 21.1. The van der Waals surface area contributed by atoms with Crippen molar-refractivity contribution in [1.29, 1.82) is 0 Å². The second-order valence-electron chi connectivity index (χ2n) is 11.5. The Labute approximate surface area is 199 Å². The van der Waals surface area contributed by atoms with Crippen LogP contribution < -0.4 is 4.90 Å². The summed E-state index contributed by atoms with van der Waals surface area (Å²) in [4.78, 5) is 4.96. The van der Waals surface area contributed by atoms with E-state index >= 15 is 0 Å². The predicted molar refractivity (Wildman–Crippen MR) is 133 cm³/mol. The third-order valence-corrected chi connectivity index (χ3v) is 8.07. The number of fused-ring (bicyclic) bond motifs is 3. The molecule has 1 unspecified atom stereocenters. The molecule has 33 heavy (non-hydrogen) atoms. The molecular formula is C28H40N2O3. The summed E-state index contributed by atoms with van der Waals surface area (Å²) in [6.07, 6.45) is 5.84. The Morgan fingerprint density at radius 1 is 1.06 bits per heavy atom. The van der Waals surface area contributed by atoms with E-state index in [0.717, 1.165) is 31.9 Å². The minimum Gasteiger partial charge on any atom is -0.476 e. The van der Waals surface area contributed by atoms with Crippen LogP contribution in [-0.4, -0.2) is 57.1 Å². The van der Waals surface area contributed by atoms with Crippen LogP contribution in [0.4, 0.5) is 5.69 Å². The highest BCUT2D eigenvalue weighted by molar-refractivity contribution is 5.76. The van der Waals surface area contributed by atoms with E-state index in [9.17, 15) is 0 Å². The normalized spacial score (nSPS) is 26.5. The molecule has 0 aliphatic carbocycles. The lowest BCUT2D eigenvalue weighted by molar-refractivity contribution is -0.112. The minimum atomic E-state index is -0.0587. The van der Waals surface area contributed by atoms with Crippen LogP contribution in [-0.2, 0) is 20.6 Å². The second kappa shape index (κ2) is 8.66. The quantitative estimate of drug-likeness (QED) is 0.626. The van der Waals surface area contributed by atoms with E-state index in [1.54, 1.807) is 0 Å². The highest BCUT2D eigenvalue weighted by Gasteiger charge is 2.37. The van der Waals surface area contributed by atoms with Crippen LogP contribution in [0.1, 0.15) is 58.6 Å². The Bertz CT molecular complexity index is 946. The van der Waals surface area contributed by atoms with Gasteiger partial charge in [0.05, 0.1) is 25.5 Å². The van der Waals surface area contributed by atoms with Crippen molar-refractivity contribution in [2.45, 2.75) is 60.0 Å². The summed E-state index contributed by atoms with van der Waals surface area (Å²) < 4.78 is 17.7. The first-order chi connectivity index (χ1) is 15.7. The predicted octanol–water partition coefficient (Wildman–Crippen LogP) is 5.22. The van der Waals surface area contributed by atoms with Crippen LogP contribution in [0, 0.1) is 10.8 Å². The number of rotatable bonds is 4. The van der Waals surface area contributed by atoms with E-state index in [2.05, 4.69) is 68.7 Å². The Balaban J connectivity index is 1.38. The van der Waals surface area contributed by atoms with Gasteiger partial charge in [-0.05, 0) is 60.9 Å². The molecule has 4 aliphatic rings. The zero-order valence-electron chi connectivity index (χ0n) is 21.1. The number of piperidine rings is 1. The van der Waals surface area contributed by atoms with E-state index in [0.29, 0.717) is 31.8 Å². The van der Waals surface area contributed by atoms with Gasteiger partial charge in [0, 0.05) is 36.3 Å². The van der Waals surface area contributed by atoms with Crippen LogP contribution in [0.15, 0.2) is 35.7 Å². The van der Waals surface area contributed by atoms with Crippen LogP contribution >= 0.6 is 0 Å². The van der Waals surface area contributed by atoms with Gasteiger partial charge in [0.2, 0.25) is 0 Å². The van der Waals surface area contributed by atoms with Crippen LogP contribution in [0.5, 0.6) is 0 Å². The Morgan fingerprint density at radius 2 is 1.85 bits per heavy atom. The average molecular weight is 453 g/mol. The molecule has 0 spiro atoms. The summed E-state index contributed by atoms with van der Waals surface area (Å²) >= 11 is 0. The van der Waals surface area contributed by atoms with Gasteiger partial charge in [-0.1, -0.05) is 33.8 Å². The average Bonchev–Trinajstić information content (AvgIpc) is 2.80. The lowest BCUT2D eigenvalue weighted by atomic mass is 9.78. The molecule has 5 heteroatoms. The van der Waals surface area contributed by atoms with Crippen molar-refractivity contribution in [3.63, 3.8) is 0 Å². The van der Waals surface area contributed by atoms with Gasteiger partial charge in [-0.3, -0.25) is 0 Å². The summed E-state index contributed by atoms with van der Waals surface area (Å²) in [5.41, 5.74) is 7.34. The van der Waals surface area contributed by atoms with Gasteiger partial charge in [-0.15, -0.1) is 0 Å². The van der Waals surface area contributed by atoms with Crippen molar-refractivity contribution in [2.75, 3.05) is 51.0 Å². The SMILES string of the molecule is CC1=C2c3ccc(N4CCC(C)(C)CC4)cc3CCN2C(OCC2COCCO2)=CC1(C)C. The molecule has 4 aliphatic heterocycles. The largest absolute Gasteiger partial charge is 0.476 e. The monoisotopic (exact) mass is 452 g/mol. The number of ether oxygens (including phenoxy) is 3. The van der Waals surface area contributed by atoms with Crippen molar-refractivity contribution < 1.29 is 14.2 Å². The maximum absolute atomic E-state index is 6.37. The van der Waals surface area contributed by atoms with Crippen molar-refractivity contribution in [3.8, 4) is 0 Å². The maximum atomic E-state index is 6.37. The van der Waals surface area contributed by atoms with E-state index in [1.165, 1.54) is 40.9 Å². The molecule has 1 atom stereocenters. The van der Waals surface area contributed by atoms with Crippen molar-refractivity contribution in [3.05, 3.63) is 46.9 Å². The minimum absolute atomic E-state index is 0.00682. The maximum Gasteiger partial charge on any atom is 0.190 e. The lowest BCUT2D eigenvalue weighted by Crippen LogP contribution is -2.39. The molecule has 180 valence electrons. The third-order valence-electron chi connectivity index (χ3n) is 8.07. The number of hydrogen-bond acceptors (Lipinski definition) is 5. The molecule has 2 saturated heterocycles. The van der Waals surface area contributed by atoms with Crippen LogP contribution in [0.3, 0.4) is 0 Å². The van der Waals surface area contributed by atoms with Gasteiger partial charge in [0.25, 0.3) is 0 Å². The molecule has 5 rings (SSSR count). The highest BCUT2D eigenvalue weighted by atomic mass is 16.6. The van der Waals surface area contributed by atoms with Gasteiger partial charge in [0.15, 0.2) is 5.88 Å². The number of benzene rings is 1. The molecular weight excluding hydrogens is 412 g/mol. The summed E-state index contributed by atoms with van der Waals surface area (Å²) in [5.74, 6) is 0.961. The van der Waals surface area contributed by atoms with Crippen LogP contribution in [0.25, 0.3) is 5.70 Å². The molecule has 1 aromatic carbocycles. The standard InChI is InChI=1S/C28H40N2O3/c1-20-26-24-7-6-22(29-12-9-27(2,3)10-13-29)16-21(24)8-11-30(26)25(17-28(20,4)5)33-19-23-18-31-14-15-32-23/h6-7,16-17,23H,8-15,18-19H2,1-5H3. The highest BCUT2D eigenvalue weighted by Crippen LogP contribution is 2.46. The van der Waals surface area contributed by atoms with Crippen molar-refractivity contribution in [1.82, 2.24) is 4.90 Å². The smallest absolute Gasteiger partial charge is 0.190 e. The Hall–Kier alpha value is -1.98. The van der Waals surface area contributed by atoms with E-state index in [4.69, 9.17) is 14.2 Å². The third kappa shape index (κ3) is 4.54. The van der Waals surface area contributed by atoms with Crippen LogP contribution in [0.2, 0.25) is 0 Å². The molecule has 0 bridgehead atoms. The number of nitrogens with zero attached hydrogens (tertiary/aromatic N) is 2. The fourth-order valence-corrected chi connectivity index (χ4v) is 5.43. The molecule has 4 heterocycles. The van der Waals surface area contributed by atoms with Crippen molar-refractivity contribution in [2.24, 2.45) is 10.8 Å². The number of hydrogen-bond donors (Lipinski definition) is 0. The first-order valence-electron chi connectivity index (χ1n) is 12.7. The molecule has 2 fully saturated rings. The lowest BCUT2D eigenvalue weighted by Gasteiger charge is -2.43. The molecule has 0 N–H and O–H groups in total. The van der Waals surface area contributed by atoms with Gasteiger partial charge >= 0.3 is 0 Å². The van der Waals surface area contributed by atoms with E-state index < -0.39 is 0 Å². The van der Waals surface area contributed by atoms with Gasteiger partial charge in [0.1, 0.15) is 12.7 Å². The van der Waals surface area contributed by atoms with Gasteiger partial charge < -0.3 is 24.0 Å². The molecule has 0 saturated carbocycles. The first kappa shape index (κ1) is 22.8. The Morgan fingerprint density at radius 3 is 2.58 bits per heavy atom.